The fraction of sp³-hybridized carbons (Fsp3) is 0.938. The smallest absolute Gasteiger partial charge is 0.381 e. The van der Waals surface area contributed by atoms with Crippen LogP contribution in [0.5, 0.6) is 0 Å². The Morgan fingerprint density at radius 3 is 2.42 bits per heavy atom. The van der Waals surface area contributed by atoms with E-state index in [-0.39, 0.29) is 36.6 Å². The molecule has 0 spiro atoms. The minimum Gasteiger partial charge on any atom is -0.381 e. The fourth-order valence-electron chi connectivity index (χ4n) is 3.69. The molecule has 2 heterocycles. The second-order valence-electron chi connectivity index (χ2n) is 6.95. The molecule has 0 bridgehead atoms. The Morgan fingerprint density at radius 1 is 1.31 bits per heavy atom. The largest absolute Gasteiger partial charge is 0.401 e. The van der Waals surface area contributed by atoms with E-state index in [4.69, 9.17) is 10.5 Å². The van der Waals surface area contributed by atoms with Gasteiger partial charge in [-0.1, -0.05) is 6.92 Å². The van der Waals surface area contributed by atoms with Gasteiger partial charge in [-0.25, -0.2) is 0 Å². The lowest BCUT2D eigenvalue weighted by Crippen LogP contribution is -2.50. The van der Waals surface area contributed by atoms with Gasteiger partial charge < -0.3 is 15.4 Å². The molecule has 2 N–H and O–H groups in total. The Balaban J connectivity index is 0.00000312. The van der Waals surface area contributed by atoms with E-state index in [0.717, 1.165) is 6.42 Å². The first-order valence-corrected chi connectivity index (χ1v) is 8.66. The van der Waals surface area contributed by atoms with Gasteiger partial charge in [-0.2, -0.15) is 13.2 Å². The van der Waals surface area contributed by atoms with Crippen LogP contribution < -0.4 is 5.73 Å². The molecule has 0 aliphatic carbocycles. The van der Waals surface area contributed by atoms with E-state index in [0.29, 0.717) is 58.8 Å². The van der Waals surface area contributed by atoms with Crippen LogP contribution in [0.1, 0.15) is 26.2 Å². The van der Waals surface area contributed by atoms with Crippen molar-refractivity contribution in [1.82, 2.24) is 9.80 Å². The molecule has 0 aromatic heterocycles. The molecule has 10 heteroatoms. The minimum atomic E-state index is -4.18. The maximum absolute atomic E-state index is 12.9. The summed E-state index contributed by atoms with van der Waals surface area (Å²) in [4.78, 5) is 16.1. The van der Waals surface area contributed by atoms with Crippen molar-refractivity contribution in [3.05, 3.63) is 0 Å². The Labute approximate surface area is 165 Å². The van der Waals surface area contributed by atoms with Crippen LogP contribution in [0, 0.1) is 11.3 Å². The van der Waals surface area contributed by atoms with Gasteiger partial charge in [0.2, 0.25) is 5.91 Å². The number of ether oxygens (including phenoxy) is 1. The second-order valence-corrected chi connectivity index (χ2v) is 6.95. The third kappa shape index (κ3) is 6.71. The van der Waals surface area contributed by atoms with Crippen LogP contribution in [-0.4, -0.2) is 74.4 Å². The van der Waals surface area contributed by atoms with Crippen LogP contribution in [0.3, 0.4) is 0 Å². The van der Waals surface area contributed by atoms with E-state index in [2.05, 4.69) is 0 Å². The van der Waals surface area contributed by atoms with Crippen LogP contribution in [0.25, 0.3) is 0 Å². The minimum absolute atomic E-state index is 0. The average molecular weight is 424 g/mol. The highest BCUT2D eigenvalue weighted by molar-refractivity contribution is 5.85. The number of hydrogen-bond acceptors (Lipinski definition) is 4. The number of rotatable bonds is 6. The first kappa shape index (κ1) is 25.7. The van der Waals surface area contributed by atoms with Crippen molar-refractivity contribution >= 4 is 30.7 Å². The molecule has 1 amide bonds. The Bertz CT molecular complexity index is 435. The first-order valence-electron chi connectivity index (χ1n) is 8.66. The standard InChI is InChI=1S/C16H28F3N3O2.2ClH/c1-2-21(12-16(17,18)19)9-13-3-6-22(10-13)14(23)15(11-20)4-7-24-8-5-15;;/h13H,2-12,20H2,1H3;2*1H. The summed E-state index contributed by atoms with van der Waals surface area (Å²) in [6.45, 7) is 4.07. The number of alkyl halides is 3. The molecule has 1 unspecified atom stereocenters. The summed E-state index contributed by atoms with van der Waals surface area (Å²) in [5, 5.41) is 0. The van der Waals surface area contributed by atoms with Crippen LogP contribution >= 0.6 is 24.8 Å². The van der Waals surface area contributed by atoms with E-state index in [9.17, 15) is 18.0 Å². The molecule has 2 saturated heterocycles. The Kier molecular flexibility index (Phi) is 10.8. The summed E-state index contributed by atoms with van der Waals surface area (Å²) in [5.74, 6) is 0.139. The van der Waals surface area contributed by atoms with Crippen LogP contribution in [0.15, 0.2) is 0 Å². The van der Waals surface area contributed by atoms with Crippen LogP contribution in [-0.2, 0) is 9.53 Å². The summed E-state index contributed by atoms with van der Waals surface area (Å²) in [6, 6.07) is 0. The third-order valence-corrected chi connectivity index (χ3v) is 5.23. The maximum Gasteiger partial charge on any atom is 0.401 e. The highest BCUT2D eigenvalue weighted by atomic mass is 35.5. The second kappa shape index (κ2) is 10.9. The maximum atomic E-state index is 12.9. The number of halogens is 5. The SMILES string of the molecule is CCN(CC1CCN(C(=O)C2(CN)CCOCC2)C1)CC(F)(F)F.Cl.Cl. The summed E-state index contributed by atoms with van der Waals surface area (Å²) in [5.41, 5.74) is 5.32. The molecule has 0 radical (unpaired) electrons. The lowest BCUT2D eigenvalue weighted by atomic mass is 9.79. The van der Waals surface area contributed by atoms with Crippen molar-refractivity contribution in [2.75, 3.05) is 52.5 Å². The number of nitrogens with zero attached hydrogens (tertiary/aromatic N) is 2. The quantitative estimate of drug-likeness (QED) is 0.711. The molecule has 5 nitrogen and oxygen atoms in total. The number of likely N-dealkylation sites (tertiary alicyclic amines) is 1. The molecule has 2 rings (SSSR count). The monoisotopic (exact) mass is 423 g/mol. The predicted molar refractivity (Wildman–Crippen MR) is 98.9 cm³/mol. The molecule has 0 saturated carbocycles. The number of carbonyl (C=O) groups excluding carboxylic acids is 1. The van der Waals surface area contributed by atoms with E-state index in [1.54, 1.807) is 11.8 Å². The zero-order valence-corrected chi connectivity index (χ0v) is 16.7. The molecule has 0 aromatic rings. The molecule has 0 aromatic carbocycles. The molecule has 26 heavy (non-hydrogen) atoms. The van der Waals surface area contributed by atoms with Crippen molar-refractivity contribution in [2.24, 2.45) is 17.1 Å². The molecular formula is C16H30Cl2F3N3O2. The summed E-state index contributed by atoms with van der Waals surface area (Å²) >= 11 is 0. The van der Waals surface area contributed by atoms with Gasteiger partial charge in [0.15, 0.2) is 0 Å². The lowest BCUT2D eigenvalue weighted by Gasteiger charge is -2.37. The topological polar surface area (TPSA) is 58.8 Å². The molecule has 2 fully saturated rings. The van der Waals surface area contributed by atoms with E-state index in [1.807, 2.05) is 0 Å². The average Bonchev–Trinajstić information content (AvgIpc) is 3.01. The molecule has 2 aliphatic rings. The van der Waals surface area contributed by atoms with Crippen molar-refractivity contribution in [3.8, 4) is 0 Å². The molecule has 1 atom stereocenters. The number of hydrogen-bond donors (Lipinski definition) is 1. The summed E-state index contributed by atoms with van der Waals surface area (Å²) < 4.78 is 43.1. The van der Waals surface area contributed by atoms with Crippen molar-refractivity contribution < 1.29 is 22.7 Å². The predicted octanol–water partition coefficient (Wildman–Crippen LogP) is 2.32. The van der Waals surface area contributed by atoms with Gasteiger partial charge in [-0.3, -0.25) is 9.69 Å². The van der Waals surface area contributed by atoms with Gasteiger partial charge in [0.25, 0.3) is 0 Å². The lowest BCUT2D eigenvalue weighted by molar-refractivity contribution is -0.148. The van der Waals surface area contributed by atoms with Gasteiger partial charge in [0.1, 0.15) is 0 Å². The highest BCUT2D eigenvalue weighted by Crippen LogP contribution is 2.33. The number of amides is 1. The van der Waals surface area contributed by atoms with E-state index in [1.165, 1.54) is 4.90 Å². The number of carbonyl (C=O) groups is 1. The number of nitrogens with two attached hydrogens (primary N) is 1. The van der Waals surface area contributed by atoms with Crippen LogP contribution in [0.4, 0.5) is 13.2 Å². The van der Waals surface area contributed by atoms with Gasteiger partial charge in [0.05, 0.1) is 12.0 Å². The zero-order valence-electron chi connectivity index (χ0n) is 15.1. The fourth-order valence-corrected chi connectivity index (χ4v) is 3.69. The summed E-state index contributed by atoms with van der Waals surface area (Å²) in [7, 11) is 0. The highest BCUT2D eigenvalue weighted by Gasteiger charge is 2.43. The van der Waals surface area contributed by atoms with E-state index >= 15 is 0 Å². The molecule has 156 valence electrons. The zero-order chi connectivity index (χ0) is 17.8. The molecule has 2 aliphatic heterocycles. The molecular weight excluding hydrogens is 394 g/mol. The first-order chi connectivity index (χ1) is 11.3. The van der Waals surface area contributed by atoms with Gasteiger partial charge >= 0.3 is 6.18 Å². The Hall–Kier alpha value is -0.280. The third-order valence-electron chi connectivity index (χ3n) is 5.23. The van der Waals surface area contributed by atoms with Crippen molar-refractivity contribution in [1.29, 1.82) is 0 Å². The van der Waals surface area contributed by atoms with Crippen molar-refractivity contribution in [2.45, 2.75) is 32.4 Å². The Morgan fingerprint density at radius 2 is 1.92 bits per heavy atom. The summed E-state index contributed by atoms with van der Waals surface area (Å²) in [6.07, 6.45) is -2.19. The van der Waals surface area contributed by atoms with Gasteiger partial charge in [-0.15, -0.1) is 24.8 Å². The van der Waals surface area contributed by atoms with E-state index < -0.39 is 18.1 Å². The van der Waals surface area contributed by atoms with Gasteiger partial charge in [0, 0.05) is 39.4 Å². The van der Waals surface area contributed by atoms with Gasteiger partial charge in [-0.05, 0) is 31.7 Å². The normalized spacial score (nSPS) is 22.7. The van der Waals surface area contributed by atoms with Crippen molar-refractivity contribution in [3.63, 3.8) is 0 Å². The van der Waals surface area contributed by atoms with Crippen LogP contribution in [0.2, 0.25) is 0 Å².